The van der Waals surface area contributed by atoms with Crippen LogP contribution in [0.25, 0.3) is 0 Å². The average Bonchev–Trinajstić information content (AvgIpc) is 2.86. The van der Waals surface area contributed by atoms with Crippen molar-refractivity contribution in [1.82, 2.24) is 0 Å². The fourth-order valence-corrected chi connectivity index (χ4v) is 1.95. The summed E-state index contributed by atoms with van der Waals surface area (Å²) in [6.07, 6.45) is 4.43. The minimum atomic E-state index is -1.16. The molecule has 0 unspecified atom stereocenters. The Kier molecular flexibility index (Phi) is 2.33. The molecule has 0 bridgehead atoms. The first-order valence-corrected chi connectivity index (χ1v) is 5.61. The second kappa shape index (κ2) is 3.34. The fourth-order valence-electron chi connectivity index (χ4n) is 1.95. The van der Waals surface area contributed by atoms with E-state index in [9.17, 15) is 9.59 Å². The third-order valence-corrected chi connectivity index (χ3v) is 2.93. The van der Waals surface area contributed by atoms with Crippen LogP contribution in [-0.2, 0) is 19.1 Å². The maximum Gasteiger partial charge on any atom is 0.334 e. The van der Waals surface area contributed by atoms with Gasteiger partial charge in [-0.2, -0.15) is 0 Å². The van der Waals surface area contributed by atoms with Gasteiger partial charge >= 0.3 is 11.9 Å². The summed E-state index contributed by atoms with van der Waals surface area (Å²) >= 11 is 0. The zero-order valence-electron chi connectivity index (χ0n) is 9.83. The second-order valence-corrected chi connectivity index (χ2v) is 4.76. The predicted molar refractivity (Wildman–Crippen MR) is 56.3 cm³/mol. The minimum absolute atomic E-state index is 0.486. The first-order chi connectivity index (χ1) is 7.42. The van der Waals surface area contributed by atoms with Crippen LogP contribution in [0, 0.1) is 5.41 Å². The summed E-state index contributed by atoms with van der Waals surface area (Å²) in [5.74, 6) is -2.11. The van der Waals surface area contributed by atoms with Gasteiger partial charge in [-0.3, -0.25) is 9.59 Å². The van der Waals surface area contributed by atoms with Crippen molar-refractivity contribution >= 4 is 11.9 Å². The van der Waals surface area contributed by atoms with Crippen LogP contribution in [0.5, 0.6) is 0 Å². The third kappa shape index (κ3) is 1.52. The number of esters is 2. The molecule has 2 rings (SSSR count). The van der Waals surface area contributed by atoms with E-state index in [0.29, 0.717) is 0 Å². The molecule has 1 aliphatic heterocycles. The molecule has 0 amide bonds. The van der Waals surface area contributed by atoms with Crippen LogP contribution in [0.1, 0.15) is 40.0 Å². The van der Waals surface area contributed by atoms with Crippen molar-refractivity contribution in [3.05, 3.63) is 11.6 Å². The van der Waals surface area contributed by atoms with E-state index in [2.05, 4.69) is 6.92 Å². The average molecular weight is 224 g/mol. The number of hydrogen-bond donors (Lipinski definition) is 0. The zero-order valence-corrected chi connectivity index (χ0v) is 9.83. The summed E-state index contributed by atoms with van der Waals surface area (Å²) in [6.45, 7) is 5.18. The van der Waals surface area contributed by atoms with Crippen LogP contribution in [0.4, 0.5) is 0 Å². The molecule has 0 aromatic rings. The number of carbonyl (C=O) groups excluding carboxylic acids is 2. The number of hydrogen-bond acceptors (Lipinski definition) is 4. The molecule has 0 N–H and O–H groups in total. The number of rotatable bonds is 3. The van der Waals surface area contributed by atoms with E-state index in [-0.39, 0.29) is 0 Å². The van der Waals surface area contributed by atoms with Crippen LogP contribution in [0.15, 0.2) is 11.6 Å². The highest BCUT2D eigenvalue weighted by Gasteiger charge is 2.64. The van der Waals surface area contributed by atoms with Crippen LogP contribution in [0.2, 0.25) is 0 Å². The van der Waals surface area contributed by atoms with Crippen LogP contribution >= 0.6 is 0 Å². The third-order valence-electron chi connectivity index (χ3n) is 2.93. The molecule has 0 radical (unpaired) electrons. The molecule has 1 spiro atoms. The Balaban J connectivity index is 2.09. The molecule has 1 aliphatic carbocycles. The highest BCUT2D eigenvalue weighted by atomic mass is 16.7. The molecule has 16 heavy (non-hydrogen) atoms. The summed E-state index contributed by atoms with van der Waals surface area (Å²) in [5.41, 5.74) is -0.315. The molecule has 0 aromatic heterocycles. The monoisotopic (exact) mass is 224 g/mol. The quantitative estimate of drug-likeness (QED) is 0.417. The lowest BCUT2D eigenvalue weighted by Crippen LogP contribution is -2.49. The van der Waals surface area contributed by atoms with Crippen molar-refractivity contribution in [2.75, 3.05) is 0 Å². The Morgan fingerprint density at radius 1 is 1.19 bits per heavy atom. The van der Waals surface area contributed by atoms with Gasteiger partial charge in [-0.1, -0.05) is 19.4 Å². The first-order valence-electron chi connectivity index (χ1n) is 5.61. The molecule has 2 aliphatic rings. The number of cyclic esters (lactones) is 2. The molecule has 1 fully saturated rings. The van der Waals surface area contributed by atoms with Gasteiger partial charge in [-0.25, -0.2) is 0 Å². The number of ether oxygens (including phenoxy) is 2. The van der Waals surface area contributed by atoms with Gasteiger partial charge in [0.15, 0.2) is 0 Å². The maximum atomic E-state index is 11.8. The zero-order chi connectivity index (χ0) is 12.0. The molecular weight excluding hydrogens is 208 g/mol. The van der Waals surface area contributed by atoms with Crippen molar-refractivity contribution in [2.24, 2.45) is 5.41 Å². The van der Waals surface area contributed by atoms with Gasteiger partial charge in [-0.15, -0.1) is 0 Å². The molecule has 1 heterocycles. The molecule has 0 atom stereocenters. The van der Waals surface area contributed by atoms with Gasteiger partial charge in [0.25, 0.3) is 5.79 Å². The van der Waals surface area contributed by atoms with Crippen molar-refractivity contribution in [3.8, 4) is 0 Å². The van der Waals surface area contributed by atoms with Gasteiger partial charge in [0.05, 0.1) is 0 Å². The van der Waals surface area contributed by atoms with Gasteiger partial charge in [0.2, 0.25) is 5.41 Å². The molecular formula is C12H16O4. The number of carbonyl (C=O) groups is 2. The standard InChI is InChI=1S/C12H16O4/c1-4-5-6-8-7-12(8)9(13)15-11(2,3)16-10(12)14/h7H,4-6H2,1-3H3. The van der Waals surface area contributed by atoms with Gasteiger partial charge in [0, 0.05) is 13.8 Å². The van der Waals surface area contributed by atoms with E-state index in [0.717, 1.165) is 24.8 Å². The van der Waals surface area contributed by atoms with Crippen LogP contribution in [0.3, 0.4) is 0 Å². The smallest absolute Gasteiger partial charge is 0.334 e. The maximum absolute atomic E-state index is 11.8. The minimum Gasteiger partial charge on any atom is -0.422 e. The highest BCUT2D eigenvalue weighted by molar-refractivity contribution is 6.12. The molecule has 4 nitrogen and oxygen atoms in total. The van der Waals surface area contributed by atoms with Crippen LogP contribution < -0.4 is 0 Å². The summed E-state index contributed by atoms with van der Waals surface area (Å²) < 4.78 is 10.2. The van der Waals surface area contributed by atoms with Crippen molar-refractivity contribution < 1.29 is 19.1 Å². The molecule has 0 aromatic carbocycles. The number of unbranched alkanes of at least 4 members (excludes halogenated alkanes) is 1. The Hall–Kier alpha value is -1.32. The summed E-state index contributed by atoms with van der Waals surface area (Å²) in [5, 5.41) is 0. The summed E-state index contributed by atoms with van der Waals surface area (Å²) in [4.78, 5) is 23.6. The summed E-state index contributed by atoms with van der Waals surface area (Å²) in [6, 6.07) is 0. The van der Waals surface area contributed by atoms with Crippen molar-refractivity contribution in [2.45, 2.75) is 45.8 Å². The SMILES string of the molecule is CCCCC1=CC12C(=O)OC(C)(C)OC2=O. The first kappa shape index (κ1) is 11.2. The van der Waals surface area contributed by atoms with Gasteiger partial charge in [0.1, 0.15) is 0 Å². The van der Waals surface area contributed by atoms with E-state index in [4.69, 9.17) is 9.47 Å². The van der Waals surface area contributed by atoms with E-state index in [1.54, 1.807) is 19.9 Å². The van der Waals surface area contributed by atoms with Gasteiger partial charge in [-0.05, 0) is 18.4 Å². The fraction of sp³-hybridized carbons (Fsp3) is 0.667. The van der Waals surface area contributed by atoms with E-state index in [1.165, 1.54) is 0 Å². The second-order valence-electron chi connectivity index (χ2n) is 4.76. The van der Waals surface area contributed by atoms with Crippen LogP contribution in [-0.4, -0.2) is 17.7 Å². The molecule has 88 valence electrons. The normalized spacial score (nSPS) is 24.8. The van der Waals surface area contributed by atoms with E-state index < -0.39 is 23.1 Å². The summed E-state index contributed by atoms with van der Waals surface area (Å²) in [7, 11) is 0. The van der Waals surface area contributed by atoms with Crippen molar-refractivity contribution in [1.29, 1.82) is 0 Å². The van der Waals surface area contributed by atoms with E-state index in [1.807, 2.05) is 0 Å². The lowest BCUT2D eigenvalue weighted by Gasteiger charge is -2.33. The van der Waals surface area contributed by atoms with Crippen molar-refractivity contribution in [3.63, 3.8) is 0 Å². The molecule has 1 saturated heterocycles. The highest BCUT2D eigenvalue weighted by Crippen LogP contribution is 2.52. The predicted octanol–water partition coefficient (Wildman–Crippen LogP) is 1.94. The Labute approximate surface area is 94.6 Å². The topological polar surface area (TPSA) is 52.6 Å². The molecule has 4 heteroatoms. The largest absolute Gasteiger partial charge is 0.422 e. The van der Waals surface area contributed by atoms with Gasteiger partial charge < -0.3 is 9.47 Å². The Morgan fingerprint density at radius 2 is 1.75 bits per heavy atom. The lowest BCUT2D eigenvalue weighted by molar-refractivity contribution is -0.241. The van der Waals surface area contributed by atoms with E-state index >= 15 is 0 Å². The lowest BCUT2D eigenvalue weighted by atomic mass is 9.96. The Bertz CT molecular complexity index is 358. The molecule has 0 saturated carbocycles. The Morgan fingerprint density at radius 3 is 2.25 bits per heavy atom.